The maximum atomic E-state index is 14.1. The Kier molecular flexibility index (Phi) is 7.22. The van der Waals surface area contributed by atoms with E-state index in [-0.39, 0.29) is 11.9 Å². The minimum absolute atomic E-state index is 0.258. The van der Waals surface area contributed by atoms with Crippen molar-refractivity contribution in [1.29, 1.82) is 0 Å². The molecule has 3 aromatic rings. The largest absolute Gasteiger partial charge is 0.438 e. The van der Waals surface area contributed by atoms with Gasteiger partial charge in [0.05, 0.1) is 6.04 Å². The summed E-state index contributed by atoms with van der Waals surface area (Å²) in [6.07, 6.45) is 2.82. The number of ether oxygens (including phenoxy) is 1. The number of nitrogens with zero attached hydrogens (tertiary/aromatic N) is 1. The Morgan fingerprint density at radius 3 is 2.29 bits per heavy atom. The second kappa shape index (κ2) is 10.1. The smallest absolute Gasteiger partial charge is 0.411 e. The highest BCUT2D eigenvalue weighted by Crippen LogP contribution is 2.40. The van der Waals surface area contributed by atoms with Gasteiger partial charge in [-0.15, -0.1) is 0 Å². The first-order chi connectivity index (χ1) is 16.3. The van der Waals surface area contributed by atoms with E-state index >= 15 is 0 Å². The average Bonchev–Trinajstić information content (AvgIpc) is 2.83. The molecule has 3 aromatic carbocycles. The van der Waals surface area contributed by atoms with Gasteiger partial charge in [0.25, 0.3) is 0 Å². The van der Waals surface area contributed by atoms with Crippen molar-refractivity contribution in [3.63, 3.8) is 0 Å². The van der Waals surface area contributed by atoms with Crippen molar-refractivity contribution in [2.75, 3.05) is 18.6 Å². The molecule has 1 amide bonds. The van der Waals surface area contributed by atoms with Gasteiger partial charge in [-0.3, -0.25) is 0 Å². The van der Waals surface area contributed by atoms with Crippen molar-refractivity contribution in [2.45, 2.75) is 31.4 Å². The molecule has 3 nitrogen and oxygen atoms in total. The van der Waals surface area contributed by atoms with E-state index < -0.39 is 23.3 Å². The zero-order chi connectivity index (χ0) is 24.3. The van der Waals surface area contributed by atoms with Gasteiger partial charge in [0, 0.05) is 31.0 Å². The lowest BCUT2D eigenvalue weighted by atomic mass is 9.86. The van der Waals surface area contributed by atoms with Gasteiger partial charge in [-0.1, -0.05) is 36.4 Å². The minimum Gasteiger partial charge on any atom is -0.438 e. The highest BCUT2D eigenvalue weighted by molar-refractivity contribution is 7.98. The molecular weight excluding hydrogens is 459 g/mol. The zero-order valence-electron chi connectivity index (χ0n) is 19.1. The quantitative estimate of drug-likeness (QED) is 0.351. The van der Waals surface area contributed by atoms with Crippen LogP contribution in [0.4, 0.5) is 18.0 Å². The summed E-state index contributed by atoms with van der Waals surface area (Å²) in [7, 11) is 0. The summed E-state index contributed by atoms with van der Waals surface area (Å²) in [5.74, 6) is -0.765. The summed E-state index contributed by atoms with van der Waals surface area (Å²) in [6.45, 7) is 2.40. The Morgan fingerprint density at radius 2 is 1.68 bits per heavy atom. The summed E-state index contributed by atoms with van der Waals surface area (Å²) >= 11 is 1.67. The molecule has 2 atom stereocenters. The van der Waals surface area contributed by atoms with E-state index in [1.165, 1.54) is 24.3 Å². The first-order valence-corrected chi connectivity index (χ1v) is 12.5. The molecule has 178 valence electrons. The van der Waals surface area contributed by atoms with Gasteiger partial charge in [0.15, 0.2) is 0 Å². The van der Waals surface area contributed by atoms with E-state index in [1.807, 2.05) is 25.3 Å². The molecule has 7 heteroatoms. The van der Waals surface area contributed by atoms with Gasteiger partial charge in [0.1, 0.15) is 23.1 Å². The Balaban J connectivity index is 1.52. The van der Waals surface area contributed by atoms with E-state index in [0.29, 0.717) is 30.5 Å². The predicted octanol–water partition coefficient (Wildman–Crippen LogP) is 7.32. The molecule has 0 radical (unpaired) electrons. The third-order valence-corrected chi connectivity index (χ3v) is 7.07. The number of rotatable bonds is 7. The lowest BCUT2D eigenvalue weighted by Gasteiger charge is -2.43. The van der Waals surface area contributed by atoms with E-state index in [2.05, 4.69) is 0 Å². The molecule has 0 bridgehead atoms. The van der Waals surface area contributed by atoms with Crippen LogP contribution in [0.2, 0.25) is 0 Å². The topological polar surface area (TPSA) is 29.5 Å². The van der Waals surface area contributed by atoms with Crippen molar-refractivity contribution in [1.82, 2.24) is 4.90 Å². The first-order valence-electron chi connectivity index (χ1n) is 11.1. The highest BCUT2D eigenvalue weighted by Gasteiger charge is 2.43. The van der Waals surface area contributed by atoms with Gasteiger partial charge >= 0.3 is 6.09 Å². The van der Waals surface area contributed by atoms with E-state index in [0.717, 1.165) is 22.9 Å². The fourth-order valence-corrected chi connectivity index (χ4v) is 4.94. The van der Waals surface area contributed by atoms with Gasteiger partial charge in [-0.25, -0.2) is 18.0 Å². The highest BCUT2D eigenvalue weighted by atomic mass is 32.2. The van der Waals surface area contributed by atoms with Crippen LogP contribution in [0.3, 0.4) is 0 Å². The lowest BCUT2D eigenvalue weighted by molar-refractivity contribution is -0.0621. The number of thioether (sulfide) groups is 1. The Bertz CT molecular complexity index is 1150. The molecule has 1 saturated heterocycles. The lowest BCUT2D eigenvalue weighted by Crippen LogP contribution is -2.49. The van der Waals surface area contributed by atoms with Gasteiger partial charge in [-0.2, -0.15) is 11.8 Å². The molecule has 1 fully saturated rings. The van der Waals surface area contributed by atoms with E-state index in [9.17, 15) is 18.0 Å². The summed E-state index contributed by atoms with van der Waals surface area (Å²) < 4.78 is 46.9. The van der Waals surface area contributed by atoms with Crippen LogP contribution in [0, 0.1) is 17.5 Å². The number of cyclic esters (lactones) is 1. The maximum absolute atomic E-state index is 14.1. The fourth-order valence-electron chi connectivity index (χ4n) is 4.41. The Morgan fingerprint density at radius 1 is 1.00 bits per heavy atom. The van der Waals surface area contributed by atoms with Crippen LogP contribution in [0.25, 0.3) is 11.1 Å². The Labute approximate surface area is 201 Å². The standard InChI is InChI=1S/C27H26F3NO2S/c1-18(19-3-5-20(6-4-19)24-12-11-23(29)17-25(24)30)31-15-13-27(14-16-34-2,33-26(31)32)21-7-9-22(28)10-8-21/h3-12,17-18H,13-16H2,1-2H3/t18-,27-/m0/s1. The third-order valence-electron chi connectivity index (χ3n) is 6.46. The minimum atomic E-state index is -0.784. The second-order valence-corrected chi connectivity index (χ2v) is 9.46. The molecule has 4 rings (SSSR count). The molecule has 0 N–H and O–H groups in total. The van der Waals surface area contributed by atoms with Crippen molar-refractivity contribution >= 4 is 17.9 Å². The molecular formula is C27H26F3NO2S. The summed E-state index contributed by atoms with van der Waals surface area (Å²) in [5.41, 5.74) is 1.84. The number of carbonyl (C=O) groups excluding carboxylic acids is 1. The van der Waals surface area contributed by atoms with Crippen LogP contribution in [0.1, 0.15) is 36.9 Å². The maximum Gasteiger partial charge on any atom is 0.411 e. The molecule has 1 aliphatic rings. The van der Waals surface area contributed by atoms with Crippen LogP contribution in [0.15, 0.2) is 66.7 Å². The van der Waals surface area contributed by atoms with Gasteiger partial charge in [0.2, 0.25) is 0 Å². The molecule has 0 aliphatic carbocycles. The van der Waals surface area contributed by atoms with Crippen LogP contribution in [0.5, 0.6) is 0 Å². The monoisotopic (exact) mass is 485 g/mol. The van der Waals surface area contributed by atoms with Crippen LogP contribution in [-0.2, 0) is 10.3 Å². The van der Waals surface area contributed by atoms with Crippen molar-refractivity contribution in [3.05, 3.63) is 95.3 Å². The first kappa shape index (κ1) is 24.2. The number of hydrogen-bond donors (Lipinski definition) is 0. The van der Waals surface area contributed by atoms with Crippen LogP contribution in [-0.4, -0.2) is 29.5 Å². The Hall–Kier alpha value is -2.93. The van der Waals surface area contributed by atoms with Crippen molar-refractivity contribution in [2.24, 2.45) is 0 Å². The normalized spacial score (nSPS) is 19.1. The van der Waals surface area contributed by atoms with Crippen molar-refractivity contribution < 1.29 is 22.7 Å². The zero-order valence-corrected chi connectivity index (χ0v) is 19.9. The molecule has 0 saturated carbocycles. The molecule has 1 heterocycles. The average molecular weight is 486 g/mol. The van der Waals surface area contributed by atoms with Crippen LogP contribution < -0.4 is 0 Å². The summed E-state index contributed by atoms with van der Waals surface area (Å²) in [6, 6.07) is 16.6. The third kappa shape index (κ3) is 4.94. The second-order valence-electron chi connectivity index (χ2n) is 8.48. The SMILES string of the molecule is CSCC[C@]1(c2ccc(F)cc2)CCN([C@@H](C)c2ccc(-c3ccc(F)cc3F)cc2)C(=O)O1. The predicted molar refractivity (Wildman–Crippen MR) is 129 cm³/mol. The van der Waals surface area contributed by atoms with E-state index in [4.69, 9.17) is 4.74 Å². The number of carbonyl (C=O) groups is 1. The number of halogens is 3. The van der Waals surface area contributed by atoms with Gasteiger partial charge in [-0.05, 0) is 59.9 Å². The van der Waals surface area contributed by atoms with Crippen molar-refractivity contribution in [3.8, 4) is 11.1 Å². The molecule has 0 aromatic heterocycles. The van der Waals surface area contributed by atoms with E-state index in [1.54, 1.807) is 40.9 Å². The summed E-state index contributed by atoms with van der Waals surface area (Å²) in [4.78, 5) is 14.8. The molecule has 0 spiro atoms. The number of amides is 1. The number of benzene rings is 3. The molecule has 1 aliphatic heterocycles. The molecule has 0 unspecified atom stereocenters. The van der Waals surface area contributed by atoms with Crippen LogP contribution >= 0.6 is 11.8 Å². The number of hydrogen-bond acceptors (Lipinski definition) is 3. The van der Waals surface area contributed by atoms with Gasteiger partial charge < -0.3 is 9.64 Å². The molecule has 34 heavy (non-hydrogen) atoms. The summed E-state index contributed by atoms with van der Waals surface area (Å²) in [5, 5.41) is 0. The fraction of sp³-hybridized carbons (Fsp3) is 0.296.